The summed E-state index contributed by atoms with van der Waals surface area (Å²) in [6.07, 6.45) is 4.49. The Bertz CT molecular complexity index is 1430. The van der Waals surface area contributed by atoms with Crippen molar-refractivity contribution in [3.63, 3.8) is 0 Å². The molecule has 3 aromatic rings. The summed E-state index contributed by atoms with van der Waals surface area (Å²) in [5, 5.41) is 30.1. The van der Waals surface area contributed by atoms with Gasteiger partial charge in [-0.25, -0.2) is 13.2 Å². The Morgan fingerprint density at radius 1 is 1.26 bits per heavy atom. The van der Waals surface area contributed by atoms with E-state index in [4.69, 9.17) is 4.52 Å². The van der Waals surface area contributed by atoms with Gasteiger partial charge in [0.15, 0.2) is 12.0 Å². The highest BCUT2D eigenvalue weighted by atomic mass is 32.2. The standard InChI is InChI=1S/C23H30N8O6S/c1-14-19(15(2)37-30-14)38(35,36)31-23(21(33)34,8-3-4-9-24-22-25-10-5-11-26-22)28-20(32)16-6-7-18-17(12-16)13-27-29-18/h6-7,10,12-13,22,24,26,31H,3-5,8-9,11H2,1-2H3,(H,27,29)(H,28,32)(H,33,34). The number of carboxylic acids is 1. The van der Waals surface area contributed by atoms with Gasteiger partial charge in [0.25, 0.3) is 5.91 Å². The van der Waals surface area contributed by atoms with E-state index in [2.05, 4.69) is 41.0 Å². The van der Waals surface area contributed by atoms with E-state index in [-0.39, 0.29) is 41.0 Å². The molecule has 15 heteroatoms. The minimum atomic E-state index is -4.46. The van der Waals surface area contributed by atoms with Gasteiger partial charge in [-0.05, 0) is 64.3 Å². The Hall–Kier alpha value is -3.66. The van der Waals surface area contributed by atoms with E-state index < -0.39 is 27.6 Å². The van der Waals surface area contributed by atoms with Gasteiger partial charge in [-0.1, -0.05) is 5.16 Å². The largest absolute Gasteiger partial charge is 0.478 e. The Kier molecular flexibility index (Phi) is 8.20. The predicted octanol–water partition coefficient (Wildman–Crippen LogP) is 0.765. The maximum absolute atomic E-state index is 13.3. The number of fused-ring (bicyclic) bond motifs is 1. The quantitative estimate of drug-likeness (QED) is 0.139. The Labute approximate surface area is 218 Å². The van der Waals surface area contributed by atoms with Crippen molar-refractivity contribution in [3.05, 3.63) is 41.4 Å². The highest BCUT2D eigenvalue weighted by Crippen LogP contribution is 2.23. The van der Waals surface area contributed by atoms with E-state index in [1.54, 1.807) is 6.07 Å². The first-order valence-electron chi connectivity index (χ1n) is 12.1. The zero-order chi connectivity index (χ0) is 27.3. The van der Waals surface area contributed by atoms with Crippen molar-refractivity contribution >= 4 is 39.0 Å². The number of nitrogens with zero attached hydrogens (tertiary/aromatic N) is 3. The lowest BCUT2D eigenvalue weighted by Gasteiger charge is -2.31. The normalized spacial score (nSPS) is 17.4. The second kappa shape index (κ2) is 11.4. The molecule has 4 rings (SSSR count). The zero-order valence-electron chi connectivity index (χ0n) is 20.9. The third-order valence-corrected chi connectivity index (χ3v) is 7.86. The van der Waals surface area contributed by atoms with Gasteiger partial charge in [0.2, 0.25) is 15.7 Å². The number of rotatable bonds is 12. The van der Waals surface area contributed by atoms with E-state index in [0.717, 1.165) is 13.0 Å². The molecule has 0 bridgehead atoms. The van der Waals surface area contributed by atoms with Crippen LogP contribution >= 0.6 is 0 Å². The minimum absolute atomic E-state index is 0.00392. The molecule has 0 radical (unpaired) electrons. The molecule has 1 aromatic carbocycles. The number of hydrogen-bond donors (Lipinski definition) is 6. The minimum Gasteiger partial charge on any atom is -0.478 e. The van der Waals surface area contributed by atoms with Crippen LogP contribution in [-0.4, -0.2) is 72.0 Å². The molecule has 1 amide bonds. The molecule has 2 aromatic heterocycles. The lowest BCUT2D eigenvalue weighted by molar-refractivity contribution is -0.145. The monoisotopic (exact) mass is 546 g/mol. The molecule has 2 unspecified atom stereocenters. The van der Waals surface area contributed by atoms with Gasteiger partial charge in [-0.2, -0.15) is 9.82 Å². The number of aliphatic carboxylic acids is 1. The second-order valence-electron chi connectivity index (χ2n) is 8.98. The number of aliphatic imine (C=N–C) groups is 1. The fourth-order valence-electron chi connectivity index (χ4n) is 4.23. The van der Waals surface area contributed by atoms with Gasteiger partial charge in [0.05, 0.1) is 11.7 Å². The van der Waals surface area contributed by atoms with Crippen molar-refractivity contribution < 1.29 is 27.6 Å². The number of sulfonamides is 1. The van der Waals surface area contributed by atoms with Crippen molar-refractivity contribution in [1.82, 2.24) is 36.0 Å². The summed E-state index contributed by atoms with van der Waals surface area (Å²) in [7, 11) is -4.46. The predicted molar refractivity (Wildman–Crippen MR) is 137 cm³/mol. The van der Waals surface area contributed by atoms with Crippen LogP contribution in [0.25, 0.3) is 10.9 Å². The van der Waals surface area contributed by atoms with Gasteiger partial charge in [-0.15, -0.1) is 0 Å². The Balaban J connectivity index is 1.56. The molecule has 204 valence electrons. The smallest absolute Gasteiger partial charge is 0.345 e. The van der Waals surface area contributed by atoms with Crippen molar-refractivity contribution in [3.8, 4) is 0 Å². The van der Waals surface area contributed by atoms with E-state index in [9.17, 15) is 23.1 Å². The third kappa shape index (κ3) is 6.07. The molecule has 2 atom stereocenters. The fraction of sp³-hybridized carbons (Fsp3) is 0.435. The summed E-state index contributed by atoms with van der Waals surface area (Å²) in [6, 6.07) is 4.65. The van der Waals surface area contributed by atoms with E-state index >= 15 is 0 Å². The van der Waals surface area contributed by atoms with Crippen LogP contribution < -0.4 is 20.7 Å². The van der Waals surface area contributed by atoms with Gasteiger partial charge >= 0.3 is 5.97 Å². The number of aromatic amines is 1. The number of carbonyl (C=O) groups is 2. The summed E-state index contributed by atoms with van der Waals surface area (Å²) < 4.78 is 33.9. The first-order chi connectivity index (χ1) is 18.1. The average molecular weight is 547 g/mol. The van der Waals surface area contributed by atoms with Crippen LogP contribution in [0.15, 0.2) is 38.8 Å². The molecule has 6 N–H and O–H groups in total. The molecule has 1 aliphatic rings. The van der Waals surface area contributed by atoms with Crippen LogP contribution in [0.5, 0.6) is 0 Å². The summed E-state index contributed by atoms with van der Waals surface area (Å²) in [5.74, 6) is -2.33. The molecule has 0 spiro atoms. The average Bonchev–Trinajstić information content (AvgIpc) is 3.49. The molecule has 0 aliphatic carbocycles. The number of unbranched alkanes of at least 4 members (excludes halogenated alkanes) is 1. The molecule has 0 saturated carbocycles. The highest BCUT2D eigenvalue weighted by molar-refractivity contribution is 7.89. The van der Waals surface area contributed by atoms with Crippen LogP contribution in [0.1, 0.15) is 47.5 Å². The van der Waals surface area contributed by atoms with E-state index in [1.165, 1.54) is 32.2 Å². The number of benzene rings is 1. The van der Waals surface area contributed by atoms with Gasteiger partial charge in [0.1, 0.15) is 10.6 Å². The molecule has 0 fully saturated rings. The first-order valence-corrected chi connectivity index (χ1v) is 13.5. The number of nitrogens with one attached hydrogen (secondary N) is 5. The highest BCUT2D eigenvalue weighted by Gasteiger charge is 2.45. The summed E-state index contributed by atoms with van der Waals surface area (Å²) in [6.45, 7) is 4.12. The maximum atomic E-state index is 13.3. The maximum Gasteiger partial charge on any atom is 0.345 e. The van der Waals surface area contributed by atoms with Crippen molar-refractivity contribution in [2.24, 2.45) is 4.99 Å². The van der Waals surface area contributed by atoms with Crippen LogP contribution in [0, 0.1) is 13.8 Å². The summed E-state index contributed by atoms with van der Waals surface area (Å²) in [4.78, 5) is 29.9. The number of H-pyrrole nitrogens is 1. The Morgan fingerprint density at radius 3 is 2.76 bits per heavy atom. The molecular formula is C23H30N8O6S. The number of hydrogen-bond acceptors (Lipinski definition) is 10. The third-order valence-electron chi connectivity index (χ3n) is 6.12. The molecule has 38 heavy (non-hydrogen) atoms. The van der Waals surface area contributed by atoms with Crippen LogP contribution in [0.2, 0.25) is 0 Å². The second-order valence-corrected chi connectivity index (χ2v) is 10.6. The lowest BCUT2D eigenvalue weighted by atomic mass is 10.0. The van der Waals surface area contributed by atoms with Gasteiger partial charge in [-0.3, -0.25) is 25.5 Å². The number of carboxylic acid groups (broad SMARTS) is 1. The summed E-state index contributed by atoms with van der Waals surface area (Å²) in [5.41, 5.74) is -1.45. The Morgan fingerprint density at radius 2 is 2.08 bits per heavy atom. The number of aryl methyl sites for hydroxylation is 2. The van der Waals surface area contributed by atoms with Crippen LogP contribution in [0.3, 0.4) is 0 Å². The van der Waals surface area contributed by atoms with Crippen LogP contribution in [0.4, 0.5) is 0 Å². The van der Waals surface area contributed by atoms with Crippen LogP contribution in [-0.2, 0) is 14.8 Å². The number of amides is 1. The molecular weight excluding hydrogens is 516 g/mol. The van der Waals surface area contributed by atoms with Crippen molar-refractivity contribution in [2.45, 2.75) is 56.4 Å². The number of carbonyl (C=O) groups excluding carboxylic acids is 1. The zero-order valence-corrected chi connectivity index (χ0v) is 21.8. The number of aromatic nitrogens is 3. The molecule has 0 saturated heterocycles. The first kappa shape index (κ1) is 27.4. The lowest BCUT2D eigenvalue weighted by Crippen LogP contribution is -2.65. The fourth-order valence-corrected chi connectivity index (χ4v) is 5.87. The molecule has 3 heterocycles. The summed E-state index contributed by atoms with van der Waals surface area (Å²) >= 11 is 0. The van der Waals surface area contributed by atoms with Gasteiger partial charge in [0, 0.05) is 23.7 Å². The molecule has 1 aliphatic heterocycles. The van der Waals surface area contributed by atoms with Crippen molar-refractivity contribution in [1.29, 1.82) is 0 Å². The van der Waals surface area contributed by atoms with Gasteiger partial charge < -0.3 is 14.9 Å². The topological polar surface area (TPSA) is 204 Å². The molecule has 14 nitrogen and oxygen atoms in total. The SMILES string of the molecule is Cc1noc(C)c1S(=O)(=O)NC(CCCCNC1N=CCCN1)(NC(=O)c1ccc2[nH]ncc2c1)C(=O)O. The van der Waals surface area contributed by atoms with E-state index in [0.29, 0.717) is 23.9 Å². The van der Waals surface area contributed by atoms with Crippen molar-refractivity contribution in [2.75, 3.05) is 13.1 Å². The van der Waals surface area contributed by atoms with E-state index in [1.807, 2.05) is 6.21 Å².